The maximum Gasteiger partial charge on any atom is 0.338 e. The molecule has 20 nitrogen and oxygen atoms in total. The van der Waals surface area contributed by atoms with Gasteiger partial charge in [-0.2, -0.15) is 0 Å². The summed E-state index contributed by atoms with van der Waals surface area (Å²) in [7, 11) is 0. The summed E-state index contributed by atoms with van der Waals surface area (Å²) in [6, 6.07) is -8.36. The highest BCUT2D eigenvalue weighted by Crippen LogP contribution is 2.21. The van der Waals surface area contributed by atoms with Crippen LogP contribution in [0.5, 0.6) is 0 Å². The zero-order valence-corrected chi connectivity index (χ0v) is 33.9. The maximum atomic E-state index is 13.9. The van der Waals surface area contributed by atoms with E-state index in [-0.39, 0.29) is 31.3 Å². The smallest absolute Gasteiger partial charge is 0.338 e. The lowest BCUT2D eigenvalue weighted by Crippen LogP contribution is -2.78. The molecule has 1 aliphatic rings. The number of aliphatic hydroxyl groups is 2. The molecule has 0 aromatic heterocycles. The molecule has 56 heavy (non-hydrogen) atoms. The molecule has 1 rings (SSSR count). The van der Waals surface area contributed by atoms with Crippen LogP contribution in [0, 0.1) is 17.8 Å². The van der Waals surface area contributed by atoms with Crippen LogP contribution in [0.1, 0.15) is 93.4 Å². The molecule has 0 unspecified atom stereocenters. The topological polar surface area (TPSA) is 337 Å². The fourth-order valence-corrected chi connectivity index (χ4v) is 6.19. The Kier molecular flexibility index (Phi) is 21.3. The zero-order chi connectivity index (χ0) is 42.9. The van der Waals surface area contributed by atoms with E-state index in [1.807, 2.05) is 13.8 Å². The molecular weight excluding hydrogens is 732 g/mol. The lowest BCUT2D eigenvalue weighted by atomic mass is 9.95. The highest BCUT2D eigenvalue weighted by atomic mass is 16.4. The molecule has 0 aliphatic carbocycles. The van der Waals surface area contributed by atoms with Gasteiger partial charge in [0.05, 0.1) is 19.3 Å². The molecule has 10 atom stereocenters. The van der Waals surface area contributed by atoms with Crippen LogP contribution in [-0.4, -0.2) is 136 Å². The number of hydrogen-bond donors (Lipinski definition) is 12. The van der Waals surface area contributed by atoms with Crippen LogP contribution in [0.15, 0.2) is 0 Å². The molecule has 1 heterocycles. The molecule has 0 aromatic rings. The monoisotopic (exact) mass is 801 g/mol. The van der Waals surface area contributed by atoms with Crippen molar-refractivity contribution >= 4 is 47.4 Å². The molecule has 6 amide bonds. The number of hydrogen-bond acceptors (Lipinski definition) is 9. The van der Waals surface area contributed by atoms with Gasteiger partial charge in [-0.1, -0.05) is 54.4 Å². The number of rotatable bonds is 24. The summed E-state index contributed by atoms with van der Waals surface area (Å²) < 4.78 is 0. The molecular formula is C36H68N10O10+2. The lowest BCUT2D eigenvalue weighted by molar-refractivity contribution is -0.463. The third-order valence-electron chi connectivity index (χ3n) is 10.0. The average Bonchev–Trinajstić information content (AvgIpc) is 3.63. The number of amides is 6. The number of carbonyl (C=O) groups excluding carboxylic acids is 6. The Morgan fingerprint density at radius 2 is 1.36 bits per heavy atom. The number of carboxylic acids is 1. The van der Waals surface area contributed by atoms with Crippen LogP contribution in [0.25, 0.3) is 0 Å². The number of quaternary nitrogens is 1. The first-order chi connectivity index (χ1) is 26.2. The molecule has 0 radical (unpaired) electrons. The van der Waals surface area contributed by atoms with Crippen molar-refractivity contribution in [2.75, 3.05) is 19.7 Å². The van der Waals surface area contributed by atoms with Gasteiger partial charge < -0.3 is 52.5 Å². The van der Waals surface area contributed by atoms with Crippen molar-refractivity contribution in [3.8, 4) is 0 Å². The largest absolute Gasteiger partial charge is 0.480 e. The predicted octanol–water partition coefficient (Wildman–Crippen LogP) is -5.26. The Bertz CT molecular complexity index is 1380. The fraction of sp³-hybridized carbons (Fsp3) is 0.778. The van der Waals surface area contributed by atoms with Gasteiger partial charge in [0.2, 0.25) is 29.5 Å². The van der Waals surface area contributed by atoms with E-state index in [1.54, 1.807) is 27.7 Å². The van der Waals surface area contributed by atoms with E-state index in [0.717, 1.165) is 0 Å². The minimum absolute atomic E-state index is 0.00379. The van der Waals surface area contributed by atoms with Gasteiger partial charge in [0, 0.05) is 13.0 Å². The van der Waals surface area contributed by atoms with Gasteiger partial charge in [-0.3, -0.25) is 45.2 Å². The zero-order valence-electron chi connectivity index (χ0n) is 33.9. The van der Waals surface area contributed by atoms with Crippen LogP contribution in [0.3, 0.4) is 0 Å². The van der Waals surface area contributed by atoms with E-state index in [1.165, 1.54) is 11.8 Å². The van der Waals surface area contributed by atoms with Crippen molar-refractivity contribution in [3.63, 3.8) is 0 Å². The van der Waals surface area contributed by atoms with Crippen LogP contribution in [-0.2, 0) is 33.6 Å². The van der Waals surface area contributed by atoms with Gasteiger partial charge in [-0.15, -0.1) is 0 Å². The van der Waals surface area contributed by atoms with Gasteiger partial charge >= 0.3 is 11.9 Å². The summed E-state index contributed by atoms with van der Waals surface area (Å²) in [4.78, 5) is 96.5. The third-order valence-corrected chi connectivity index (χ3v) is 10.0. The maximum absolute atomic E-state index is 13.9. The number of likely N-dealkylation sites (tertiary alicyclic amines) is 1. The molecule has 1 aliphatic heterocycles. The van der Waals surface area contributed by atoms with Gasteiger partial charge in [0.1, 0.15) is 36.3 Å². The number of carboxylic acid groups (broad SMARTS) is 1. The molecule has 0 spiro atoms. The predicted molar refractivity (Wildman–Crippen MR) is 204 cm³/mol. The summed E-state index contributed by atoms with van der Waals surface area (Å²) >= 11 is 0. The van der Waals surface area contributed by atoms with E-state index in [9.17, 15) is 48.9 Å². The van der Waals surface area contributed by atoms with Crippen molar-refractivity contribution in [1.82, 2.24) is 31.5 Å². The highest BCUT2D eigenvalue weighted by molar-refractivity contribution is 5.97. The Morgan fingerprint density at radius 1 is 0.804 bits per heavy atom. The molecule has 0 bridgehead atoms. The lowest BCUT2D eigenvalue weighted by Gasteiger charge is -2.31. The first-order valence-corrected chi connectivity index (χ1v) is 19.5. The molecule has 1 fully saturated rings. The molecule has 16 N–H and O–H groups in total. The molecule has 20 heteroatoms. The number of aliphatic carboxylic acids is 1. The van der Waals surface area contributed by atoms with Crippen molar-refractivity contribution in [1.29, 1.82) is 0 Å². The quantitative estimate of drug-likeness (QED) is 0.0248. The minimum atomic E-state index is -1.62. The molecule has 0 aromatic carbocycles. The Labute approximate surface area is 328 Å². The summed E-state index contributed by atoms with van der Waals surface area (Å²) in [5.41, 5.74) is 14.7. The second-order valence-corrected chi connectivity index (χ2v) is 15.2. The van der Waals surface area contributed by atoms with Crippen molar-refractivity contribution in [3.05, 3.63) is 0 Å². The first kappa shape index (κ1) is 49.5. The molecule has 1 saturated heterocycles. The summed E-state index contributed by atoms with van der Waals surface area (Å²) in [5, 5.41) is 42.8. The van der Waals surface area contributed by atoms with Crippen molar-refractivity contribution in [2.24, 2.45) is 29.2 Å². The number of nitrogens with two attached hydrogens (primary N) is 2. The minimum Gasteiger partial charge on any atom is -0.480 e. The van der Waals surface area contributed by atoms with Crippen LogP contribution < -0.4 is 48.8 Å². The van der Waals surface area contributed by atoms with Crippen LogP contribution in [0.2, 0.25) is 0 Å². The van der Waals surface area contributed by atoms with E-state index >= 15 is 0 Å². The highest BCUT2D eigenvalue weighted by Gasteiger charge is 2.41. The van der Waals surface area contributed by atoms with E-state index < -0.39 is 108 Å². The Balaban J connectivity index is 3.11. The Morgan fingerprint density at radius 3 is 1.88 bits per heavy atom. The van der Waals surface area contributed by atoms with E-state index in [0.29, 0.717) is 38.6 Å². The Hall–Kier alpha value is -4.56. The van der Waals surface area contributed by atoms with Crippen LogP contribution in [0.4, 0.5) is 0 Å². The summed E-state index contributed by atoms with van der Waals surface area (Å²) in [5.74, 6) is -6.49. The number of nitrogens with zero attached hydrogens (tertiary/aromatic N) is 1. The van der Waals surface area contributed by atoms with Gasteiger partial charge in [0.25, 0.3) is 5.91 Å². The number of guanidine groups is 1. The van der Waals surface area contributed by atoms with Crippen LogP contribution >= 0.6 is 0 Å². The van der Waals surface area contributed by atoms with E-state index in [4.69, 9.17) is 11.5 Å². The second kappa shape index (κ2) is 24.2. The average molecular weight is 801 g/mol. The fourth-order valence-electron chi connectivity index (χ4n) is 6.19. The van der Waals surface area contributed by atoms with Gasteiger partial charge in [0.15, 0.2) is 6.04 Å². The molecule has 0 saturated carbocycles. The second-order valence-electron chi connectivity index (χ2n) is 15.2. The number of carbonyl (C=O) groups is 7. The standard InChI is InChI=1S/C36H66N10O10/c1-8-19(5)26(32(52)44-27(35(55)56)20(6)9-2)43-30(50)24(17-47)42-33(53)28(21(7)48)45-31(51)25-13-11-15-46(25)34(54)23(16-18(3)4)41-29(49)22(37)12-10-14-40-36(38)39/h18-28,47-48H,8-17,37H2,1-7H3,(H,41,49)(H,42,53)(H,43,50)(H,44,52)(H,45,51)(H,55,56)(H4,38,39,40)/p+2/t19-,20-,21+,22-,23-,24-,25-,26-,27-,28-/m0/s1. The third kappa shape index (κ3) is 15.5. The number of aliphatic hydroxyl groups excluding tert-OH is 2. The van der Waals surface area contributed by atoms with E-state index in [2.05, 4.69) is 37.3 Å². The number of nitrogens with one attached hydrogen (secondary N) is 6. The van der Waals surface area contributed by atoms with Crippen molar-refractivity contribution in [2.45, 2.75) is 142 Å². The normalized spacial score (nSPS) is 18.8. The van der Waals surface area contributed by atoms with Gasteiger partial charge in [-0.05, 0) is 50.4 Å². The summed E-state index contributed by atoms with van der Waals surface area (Å²) in [6.45, 7) is 11.6. The SMILES string of the molecule is CC[C@H](C)[C@H](NC(=O)[C@@H](NC(=O)[C@H](CO)NC(=O)[C@@H](NC(=O)[C@@H]1CCCN1C(=O)[C@H](CC(C)C)NC(=O)[C@@H]([NH3+])CCC[NH+]=C(N)N)[C@@H](C)O)[C@@H](C)CC)C(=O)O. The summed E-state index contributed by atoms with van der Waals surface area (Å²) in [6.07, 6.45) is 1.29. The van der Waals surface area contributed by atoms with Crippen molar-refractivity contribution < 1.29 is 59.6 Å². The van der Waals surface area contributed by atoms with Gasteiger partial charge in [-0.25, -0.2) is 4.79 Å². The first-order valence-electron chi connectivity index (χ1n) is 19.5. The molecule has 320 valence electrons.